The van der Waals surface area contributed by atoms with Crippen molar-refractivity contribution in [2.24, 2.45) is 29.1 Å². The smallest absolute Gasteiger partial charge is 0.311 e. The quantitative estimate of drug-likeness (QED) is 0.445. The summed E-state index contributed by atoms with van der Waals surface area (Å²) in [6.07, 6.45) is 6.98. The predicted octanol–water partition coefficient (Wildman–Crippen LogP) is 4.11. The van der Waals surface area contributed by atoms with Gasteiger partial charge in [0.1, 0.15) is 6.10 Å². The number of aliphatic hydroxyl groups is 2. The van der Waals surface area contributed by atoms with Crippen LogP contribution in [-0.4, -0.2) is 45.6 Å². The molecule has 176 valence electrons. The Balaban J connectivity index is 2.12. The van der Waals surface area contributed by atoms with Crippen LogP contribution in [0.15, 0.2) is 23.8 Å². The number of carboxylic acid groups (broad SMARTS) is 1. The van der Waals surface area contributed by atoms with Gasteiger partial charge in [0.15, 0.2) is 0 Å². The van der Waals surface area contributed by atoms with Crippen molar-refractivity contribution in [2.75, 3.05) is 0 Å². The number of ether oxygens (including phenoxy) is 1. The molecule has 2 rings (SSSR count). The lowest BCUT2D eigenvalue weighted by atomic mass is 9.65. The van der Waals surface area contributed by atoms with Gasteiger partial charge < -0.3 is 20.1 Å². The van der Waals surface area contributed by atoms with E-state index in [2.05, 4.69) is 32.1 Å². The van der Waals surface area contributed by atoms with Gasteiger partial charge in [0.05, 0.1) is 24.0 Å². The number of carbonyl (C=O) groups is 2. The highest BCUT2D eigenvalue weighted by Gasteiger charge is 2.42. The molecule has 0 aliphatic heterocycles. The molecule has 2 aliphatic carbocycles. The second-order valence-corrected chi connectivity index (χ2v) is 10.2. The lowest BCUT2D eigenvalue weighted by Gasteiger charge is -2.44. The van der Waals surface area contributed by atoms with Gasteiger partial charge in [0.25, 0.3) is 0 Å². The zero-order valence-corrected chi connectivity index (χ0v) is 19.6. The number of aliphatic hydroxyl groups excluding tert-OH is 2. The monoisotopic (exact) mass is 436 g/mol. The fourth-order valence-electron chi connectivity index (χ4n) is 4.76. The Hall–Kier alpha value is -1.66. The number of carbonyl (C=O) groups excluding carboxylic acids is 1. The Labute approximate surface area is 186 Å². The second kappa shape index (κ2) is 10.8. The molecule has 31 heavy (non-hydrogen) atoms. The van der Waals surface area contributed by atoms with Crippen LogP contribution in [0.5, 0.6) is 0 Å². The van der Waals surface area contributed by atoms with Crippen molar-refractivity contribution in [3.05, 3.63) is 23.8 Å². The van der Waals surface area contributed by atoms with E-state index < -0.39 is 23.6 Å². The number of fused-ring (bicyclic) bond motifs is 1. The summed E-state index contributed by atoms with van der Waals surface area (Å²) in [6.45, 7) is 10.1. The minimum Gasteiger partial charge on any atom is -0.481 e. The van der Waals surface area contributed by atoms with Crippen LogP contribution in [0, 0.1) is 29.1 Å². The van der Waals surface area contributed by atoms with E-state index in [4.69, 9.17) is 9.84 Å². The molecular formula is C25H40O6. The average molecular weight is 437 g/mol. The molecule has 0 aromatic heterocycles. The Morgan fingerprint density at radius 1 is 1.23 bits per heavy atom. The van der Waals surface area contributed by atoms with Gasteiger partial charge >= 0.3 is 11.9 Å². The third kappa shape index (κ3) is 6.91. The zero-order chi connectivity index (χ0) is 23.3. The fourth-order valence-corrected chi connectivity index (χ4v) is 4.76. The number of aliphatic carboxylic acids is 1. The first-order valence-electron chi connectivity index (χ1n) is 11.6. The number of carboxylic acids is 1. The number of hydrogen-bond donors (Lipinski definition) is 3. The molecule has 0 fully saturated rings. The van der Waals surface area contributed by atoms with Gasteiger partial charge in [-0.05, 0) is 69.3 Å². The SMILES string of the molecule is CCC(C)(C)C(=O)OC1C[C@@H](C)C=C2C=C[C@H](C)C(CCC(O)CC(O)CC(=O)O)C21. The highest BCUT2D eigenvalue weighted by atomic mass is 16.5. The molecule has 2 aliphatic rings. The molecule has 0 aromatic carbocycles. The molecule has 0 radical (unpaired) electrons. The maximum Gasteiger partial charge on any atom is 0.311 e. The van der Waals surface area contributed by atoms with Crippen LogP contribution in [-0.2, 0) is 14.3 Å². The van der Waals surface area contributed by atoms with Gasteiger partial charge in [-0.3, -0.25) is 9.59 Å². The van der Waals surface area contributed by atoms with Crippen molar-refractivity contribution in [1.29, 1.82) is 0 Å². The summed E-state index contributed by atoms with van der Waals surface area (Å²) in [5, 5.41) is 29.0. The van der Waals surface area contributed by atoms with Gasteiger partial charge in [0.2, 0.25) is 0 Å². The van der Waals surface area contributed by atoms with Crippen LogP contribution in [0.4, 0.5) is 0 Å². The number of hydrogen-bond acceptors (Lipinski definition) is 5. The van der Waals surface area contributed by atoms with Crippen LogP contribution in [0.3, 0.4) is 0 Å². The van der Waals surface area contributed by atoms with Gasteiger partial charge in [-0.1, -0.05) is 39.0 Å². The second-order valence-electron chi connectivity index (χ2n) is 10.2. The van der Waals surface area contributed by atoms with Crippen molar-refractivity contribution < 1.29 is 29.6 Å². The molecular weight excluding hydrogens is 396 g/mol. The fraction of sp³-hybridized carbons (Fsp3) is 0.760. The predicted molar refractivity (Wildman–Crippen MR) is 119 cm³/mol. The minimum atomic E-state index is -1.07. The first-order valence-corrected chi connectivity index (χ1v) is 11.6. The molecule has 0 saturated heterocycles. The topological polar surface area (TPSA) is 104 Å². The number of esters is 1. The van der Waals surface area contributed by atoms with Crippen molar-refractivity contribution in [1.82, 2.24) is 0 Å². The largest absolute Gasteiger partial charge is 0.481 e. The van der Waals surface area contributed by atoms with Crippen LogP contribution in [0.25, 0.3) is 0 Å². The van der Waals surface area contributed by atoms with Crippen LogP contribution < -0.4 is 0 Å². The summed E-state index contributed by atoms with van der Waals surface area (Å²) in [4.78, 5) is 23.6. The highest BCUT2D eigenvalue weighted by Crippen LogP contribution is 2.45. The molecule has 5 unspecified atom stereocenters. The van der Waals surface area contributed by atoms with E-state index >= 15 is 0 Å². The zero-order valence-electron chi connectivity index (χ0n) is 19.6. The molecule has 6 heteroatoms. The first-order chi connectivity index (χ1) is 14.4. The Kier molecular flexibility index (Phi) is 8.90. The highest BCUT2D eigenvalue weighted by molar-refractivity contribution is 5.76. The van der Waals surface area contributed by atoms with Gasteiger partial charge in [-0.15, -0.1) is 0 Å². The molecule has 0 spiro atoms. The molecule has 3 N–H and O–H groups in total. The van der Waals surface area contributed by atoms with Crippen molar-refractivity contribution in [3.8, 4) is 0 Å². The Morgan fingerprint density at radius 3 is 2.52 bits per heavy atom. The summed E-state index contributed by atoms with van der Waals surface area (Å²) >= 11 is 0. The summed E-state index contributed by atoms with van der Waals surface area (Å²) < 4.78 is 6.10. The normalized spacial score (nSPS) is 30.2. The summed E-state index contributed by atoms with van der Waals surface area (Å²) in [5.74, 6) is -0.347. The van der Waals surface area contributed by atoms with Gasteiger partial charge in [0, 0.05) is 5.92 Å². The summed E-state index contributed by atoms with van der Waals surface area (Å²) in [6, 6.07) is 0. The number of allylic oxidation sites excluding steroid dienone is 3. The third-order valence-corrected chi connectivity index (χ3v) is 7.08. The third-order valence-electron chi connectivity index (χ3n) is 7.08. The van der Waals surface area contributed by atoms with Crippen molar-refractivity contribution >= 4 is 11.9 Å². The van der Waals surface area contributed by atoms with E-state index in [0.717, 1.165) is 6.42 Å². The van der Waals surface area contributed by atoms with E-state index in [1.807, 2.05) is 20.8 Å². The van der Waals surface area contributed by atoms with Crippen molar-refractivity contribution in [2.45, 2.75) is 91.5 Å². The lowest BCUT2D eigenvalue weighted by molar-refractivity contribution is -0.164. The molecule has 6 nitrogen and oxygen atoms in total. The van der Waals surface area contributed by atoms with E-state index in [-0.39, 0.29) is 42.7 Å². The Bertz CT molecular complexity index is 694. The maximum atomic E-state index is 12.8. The summed E-state index contributed by atoms with van der Waals surface area (Å²) in [7, 11) is 0. The average Bonchev–Trinajstić information content (AvgIpc) is 2.66. The molecule has 0 bridgehead atoms. The van der Waals surface area contributed by atoms with E-state index in [9.17, 15) is 19.8 Å². The van der Waals surface area contributed by atoms with Crippen molar-refractivity contribution in [3.63, 3.8) is 0 Å². The van der Waals surface area contributed by atoms with Crippen LogP contribution in [0.2, 0.25) is 0 Å². The Morgan fingerprint density at radius 2 is 1.90 bits per heavy atom. The van der Waals surface area contributed by atoms with Crippen LogP contribution >= 0.6 is 0 Å². The molecule has 0 saturated carbocycles. The molecule has 0 amide bonds. The minimum absolute atomic E-state index is 0.0523. The van der Waals surface area contributed by atoms with Gasteiger partial charge in [-0.25, -0.2) is 0 Å². The maximum absolute atomic E-state index is 12.8. The standard InChI is InChI=1S/C25H40O6/c1-6-25(4,5)24(30)31-21-12-15(2)11-17-8-7-16(3)20(23(17)21)10-9-18(26)13-19(27)14-22(28)29/h7-8,11,15-16,18-21,23,26-27H,6,9-10,12-14H2,1-5H3,(H,28,29)/t15-,16-,18?,19?,20?,21?,23?/m0/s1. The van der Waals surface area contributed by atoms with E-state index in [0.29, 0.717) is 25.2 Å². The van der Waals surface area contributed by atoms with Crippen LogP contribution in [0.1, 0.15) is 73.1 Å². The number of rotatable bonds is 10. The molecule has 0 heterocycles. The lowest BCUT2D eigenvalue weighted by Crippen LogP contribution is -2.43. The molecule has 0 aromatic rings. The van der Waals surface area contributed by atoms with E-state index in [1.165, 1.54) is 5.57 Å². The first kappa shape index (κ1) is 25.6. The molecule has 7 atom stereocenters. The van der Waals surface area contributed by atoms with Gasteiger partial charge in [-0.2, -0.15) is 0 Å². The summed E-state index contributed by atoms with van der Waals surface area (Å²) in [5.41, 5.74) is 0.682. The van der Waals surface area contributed by atoms with E-state index in [1.54, 1.807) is 0 Å².